The Morgan fingerprint density at radius 1 is 1.15 bits per heavy atom. The van der Waals surface area contributed by atoms with Crippen LogP contribution in [0.2, 0.25) is 0 Å². The maximum atomic E-state index is 8.74. The van der Waals surface area contributed by atoms with E-state index in [4.69, 9.17) is 15.4 Å². The molecule has 0 unspecified atom stereocenters. The molecule has 6 heteroatoms. The standard InChI is InChI=1S/C20H24N4O2/c1-2-3-13-24(20-22-17-6-4-5-7-18(17)26-20)14-12-15-8-10-16(11-9-15)19(21)23-25/h4-11,25H,2-3,12-14H2,1H3,(H2,21,23). The third-order valence-corrected chi connectivity index (χ3v) is 4.36. The number of nitrogens with zero attached hydrogens (tertiary/aromatic N) is 3. The van der Waals surface area contributed by atoms with E-state index in [2.05, 4.69) is 22.0 Å². The number of hydrogen-bond donors (Lipinski definition) is 2. The molecule has 1 heterocycles. The first-order chi connectivity index (χ1) is 12.7. The molecule has 0 aliphatic carbocycles. The SMILES string of the molecule is CCCCN(CCc1ccc(/C(N)=N/O)cc1)c1nc2ccccc2o1. The smallest absolute Gasteiger partial charge is 0.298 e. The van der Waals surface area contributed by atoms with Crippen LogP contribution in [0.3, 0.4) is 0 Å². The number of hydrogen-bond acceptors (Lipinski definition) is 5. The number of oxime groups is 1. The average molecular weight is 352 g/mol. The molecule has 0 radical (unpaired) electrons. The lowest BCUT2D eigenvalue weighted by molar-refractivity contribution is 0.318. The molecular weight excluding hydrogens is 328 g/mol. The van der Waals surface area contributed by atoms with Gasteiger partial charge in [0, 0.05) is 18.7 Å². The topological polar surface area (TPSA) is 87.9 Å². The Hall–Kier alpha value is -3.02. The van der Waals surface area contributed by atoms with E-state index < -0.39 is 0 Å². The first kappa shape index (κ1) is 17.8. The number of para-hydroxylation sites is 2. The molecule has 2 aromatic carbocycles. The van der Waals surface area contributed by atoms with E-state index in [0.717, 1.165) is 43.5 Å². The molecule has 3 N–H and O–H groups in total. The van der Waals surface area contributed by atoms with E-state index in [9.17, 15) is 0 Å². The number of rotatable bonds is 8. The number of oxazole rings is 1. The van der Waals surface area contributed by atoms with Crippen LogP contribution >= 0.6 is 0 Å². The van der Waals surface area contributed by atoms with Crippen LogP contribution in [0.25, 0.3) is 11.1 Å². The van der Waals surface area contributed by atoms with Crippen molar-refractivity contribution < 1.29 is 9.62 Å². The van der Waals surface area contributed by atoms with Gasteiger partial charge < -0.3 is 20.3 Å². The highest BCUT2D eigenvalue weighted by atomic mass is 16.4. The van der Waals surface area contributed by atoms with Crippen LogP contribution in [0.1, 0.15) is 30.9 Å². The van der Waals surface area contributed by atoms with Crippen LogP contribution in [-0.2, 0) is 6.42 Å². The molecule has 0 aliphatic rings. The van der Waals surface area contributed by atoms with Gasteiger partial charge in [-0.15, -0.1) is 0 Å². The fourth-order valence-electron chi connectivity index (χ4n) is 2.81. The number of aromatic nitrogens is 1. The van der Waals surface area contributed by atoms with Crippen molar-refractivity contribution in [3.05, 3.63) is 59.7 Å². The summed E-state index contributed by atoms with van der Waals surface area (Å²) in [6.45, 7) is 3.90. The number of anilines is 1. The van der Waals surface area contributed by atoms with Crippen molar-refractivity contribution >= 4 is 22.9 Å². The largest absolute Gasteiger partial charge is 0.423 e. The van der Waals surface area contributed by atoms with Crippen molar-refractivity contribution in [2.24, 2.45) is 10.9 Å². The Balaban J connectivity index is 1.72. The summed E-state index contributed by atoms with van der Waals surface area (Å²) in [5, 5.41) is 11.8. The van der Waals surface area contributed by atoms with Crippen LogP contribution in [0.4, 0.5) is 6.01 Å². The first-order valence-corrected chi connectivity index (χ1v) is 8.88. The van der Waals surface area contributed by atoms with Gasteiger partial charge >= 0.3 is 0 Å². The Kier molecular flexibility index (Phi) is 5.73. The molecule has 0 fully saturated rings. The van der Waals surface area contributed by atoms with Gasteiger partial charge in [0.2, 0.25) is 0 Å². The lowest BCUT2D eigenvalue weighted by Gasteiger charge is -2.20. The summed E-state index contributed by atoms with van der Waals surface area (Å²) in [5.41, 5.74) is 9.18. The fourth-order valence-corrected chi connectivity index (χ4v) is 2.81. The first-order valence-electron chi connectivity index (χ1n) is 8.88. The van der Waals surface area contributed by atoms with Crippen LogP contribution in [0.15, 0.2) is 58.1 Å². The van der Waals surface area contributed by atoms with Crippen molar-refractivity contribution in [2.75, 3.05) is 18.0 Å². The number of fused-ring (bicyclic) bond motifs is 1. The van der Waals surface area contributed by atoms with Gasteiger partial charge in [-0.1, -0.05) is 54.9 Å². The van der Waals surface area contributed by atoms with E-state index in [1.54, 1.807) is 0 Å². The molecule has 3 rings (SSSR count). The quantitative estimate of drug-likeness (QED) is 0.279. The molecule has 0 saturated heterocycles. The van der Waals surface area contributed by atoms with Gasteiger partial charge in [0.15, 0.2) is 11.4 Å². The molecule has 0 saturated carbocycles. The lowest BCUT2D eigenvalue weighted by Crippen LogP contribution is -2.27. The summed E-state index contributed by atoms with van der Waals surface area (Å²) in [6, 6.07) is 16.2. The number of benzene rings is 2. The van der Waals surface area contributed by atoms with Crippen LogP contribution in [0.5, 0.6) is 0 Å². The number of nitrogens with two attached hydrogens (primary N) is 1. The second kappa shape index (κ2) is 8.38. The maximum absolute atomic E-state index is 8.74. The molecule has 6 nitrogen and oxygen atoms in total. The van der Waals surface area contributed by atoms with Gasteiger partial charge in [0.25, 0.3) is 6.01 Å². The Bertz CT molecular complexity index is 838. The maximum Gasteiger partial charge on any atom is 0.298 e. The summed E-state index contributed by atoms with van der Waals surface area (Å²) in [7, 11) is 0. The summed E-state index contributed by atoms with van der Waals surface area (Å²) in [5.74, 6) is 0.118. The Labute approximate surface area is 152 Å². The second-order valence-electron chi connectivity index (χ2n) is 6.24. The molecule has 0 spiro atoms. The van der Waals surface area contributed by atoms with E-state index in [1.807, 2.05) is 48.5 Å². The van der Waals surface area contributed by atoms with Crippen LogP contribution in [0, 0.1) is 0 Å². The highest BCUT2D eigenvalue weighted by Crippen LogP contribution is 2.22. The predicted octanol–water partition coefficient (Wildman–Crippen LogP) is 3.77. The summed E-state index contributed by atoms with van der Waals surface area (Å²) in [6.07, 6.45) is 3.06. The van der Waals surface area contributed by atoms with Gasteiger partial charge in [-0.05, 0) is 30.5 Å². The minimum absolute atomic E-state index is 0.118. The van der Waals surface area contributed by atoms with Crippen LogP contribution in [-0.4, -0.2) is 29.1 Å². The minimum Gasteiger partial charge on any atom is -0.423 e. The van der Waals surface area contributed by atoms with Gasteiger partial charge in [0.1, 0.15) is 5.52 Å². The number of unbranched alkanes of at least 4 members (excludes halogenated alkanes) is 1. The molecule has 26 heavy (non-hydrogen) atoms. The van der Waals surface area contributed by atoms with Crippen molar-refractivity contribution in [3.8, 4) is 0 Å². The summed E-state index contributed by atoms with van der Waals surface area (Å²) >= 11 is 0. The molecule has 0 bridgehead atoms. The Morgan fingerprint density at radius 3 is 2.62 bits per heavy atom. The lowest BCUT2D eigenvalue weighted by atomic mass is 10.1. The molecule has 0 atom stereocenters. The number of amidine groups is 1. The van der Waals surface area contributed by atoms with Crippen LogP contribution < -0.4 is 10.6 Å². The van der Waals surface area contributed by atoms with E-state index in [-0.39, 0.29) is 5.84 Å². The van der Waals surface area contributed by atoms with Crippen molar-refractivity contribution in [1.82, 2.24) is 4.98 Å². The molecule has 0 aliphatic heterocycles. The van der Waals surface area contributed by atoms with Gasteiger partial charge in [0.05, 0.1) is 0 Å². The summed E-state index contributed by atoms with van der Waals surface area (Å²) < 4.78 is 5.94. The highest BCUT2D eigenvalue weighted by Gasteiger charge is 2.13. The normalized spacial score (nSPS) is 11.8. The predicted molar refractivity (Wildman–Crippen MR) is 104 cm³/mol. The van der Waals surface area contributed by atoms with E-state index >= 15 is 0 Å². The van der Waals surface area contributed by atoms with Crippen molar-refractivity contribution in [1.29, 1.82) is 0 Å². The third-order valence-electron chi connectivity index (χ3n) is 4.36. The fraction of sp³-hybridized carbons (Fsp3) is 0.300. The van der Waals surface area contributed by atoms with Gasteiger partial charge in [-0.3, -0.25) is 0 Å². The van der Waals surface area contributed by atoms with E-state index in [0.29, 0.717) is 11.6 Å². The van der Waals surface area contributed by atoms with E-state index in [1.165, 1.54) is 5.56 Å². The molecule has 1 aromatic heterocycles. The van der Waals surface area contributed by atoms with Crippen molar-refractivity contribution in [2.45, 2.75) is 26.2 Å². The second-order valence-corrected chi connectivity index (χ2v) is 6.24. The molecule has 0 amide bonds. The molecule has 3 aromatic rings. The zero-order chi connectivity index (χ0) is 18.4. The Morgan fingerprint density at radius 2 is 1.92 bits per heavy atom. The summed E-state index contributed by atoms with van der Waals surface area (Å²) in [4.78, 5) is 6.82. The zero-order valence-corrected chi connectivity index (χ0v) is 14.9. The van der Waals surface area contributed by atoms with Crippen molar-refractivity contribution in [3.63, 3.8) is 0 Å². The monoisotopic (exact) mass is 352 g/mol. The van der Waals surface area contributed by atoms with Gasteiger partial charge in [-0.2, -0.15) is 4.98 Å². The third kappa shape index (κ3) is 4.14. The highest BCUT2D eigenvalue weighted by molar-refractivity contribution is 5.96. The minimum atomic E-state index is 0.118. The molecule has 136 valence electrons. The molecular formula is C20H24N4O2. The zero-order valence-electron chi connectivity index (χ0n) is 14.9. The van der Waals surface area contributed by atoms with Gasteiger partial charge in [-0.25, -0.2) is 0 Å². The average Bonchev–Trinajstić information content (AvgIpc) is 3.12.